The van der Waals surface area contributed by atoms with Gasteiger partial charge in [-0.2, -0.15) is 0 Å². The third-order valence-electron chi connectivity index (χ3n) is 10.0. The van der Waals surface area contributed by atoms with Crippen LogP contribution in [-0.4, -0.2) is 6.71 Å². The van der Waals surface area contributed by atoms with E-state index in [0.29, 0.717) is 0 Å². The Labute approximate surface area is 284 Å². The molecule has 0 nitrogen and oxygen atoms in total. The predicted octanol–water partition coefficient (Wildman–Crippen LogP) is 10.2. The van der Waals surface area contributed by atoms with Crippen molar-refractivity contribution in [3.8, 4) is 33.4 Å². The Hall–Kier alpha value is -4.70. The summed E-state index contributed by atoms with van der Waals surface area (Å²) in [6, 6.07) is 52.2. The Morgan fingerprint density at radius 2 is 1.06 bits per heavy atom. The van der Waals surface area contributed by atoms with Gasteiger partial charge in [-0.3, -0.25) is 0 Å². The SMILES string of the molecule is C1=Cc2c(c(-c3cccc(-c4cc5c6c(c4)Sc4ccccc4B6c4ccccc4S5)c3)c3ccccc3c2-c2ccccc2)CC1. The Morgan fingerprint density at radius 1 is 0.468 bits per heavy atom. The number of allylic oxidation sites excluding steroid dienone is 1. The van der Waals surface area contributed by atoms with Gasteiger partial charge < -0.3 is 0 Å². The van der Waals surface area contributed by atoms with Gasteiger partial charge in [-0.1, -0.05) is 156 Å². The van der Waals surface area contributed by atoms with E-state index in [2.05, 4.69) is 152 Å². The highest BCUT2D eigenvalue weighted by atomic mass is 32.2. The minimum absolute atomic E-state index is 0.282. The fraction of sp³-hybridized carbons (Fsp3) is 0.0455. The van der Waals surface area contributed by atoms with Crippen LogP contribution in [0.15, 0.2) is 165 Å². The van der Waals surface area contributed by atoms with Crippen molar-refractivity contribution in [1.82, 2.24) is 0 Å². The molecule has 47 heavy (non-hydrogen) atoms. The Bertz CT molecular complexity index is 2350. The maximum Gasteiger partial charge on any atom is 0.247 e. The molecule has 7 aromatic carbocycles. The van der Waals surface area contributed by atoms with Gasteiger partial charge in [0.1, 0.15) is 0 Å². The Balaban J connectivity index is 1.16. The lowest BCUT2D eigenvalue weighted by Gasteiger charge is -2.33. The van der Waals surface area contributed by atoms with E-state index in [1.54, 1.807) is 0 Å². The van der Waals surface area contributed by atoms with Crippen LogP contribution < -0.4 is 16.4 Å². The van der Waals surface area contributed by atoms with Gasteiger partial charge in [0.25, 0.3) is 0 Å². The molecule has 0 fully saturated rings. The van der Waals surface area contributed by atoms with Crippen LogP contribution in [0.3, 0.4) is 0 Å². The maximum atomic E-state index is 2.45. The zero-order chi connectivity index (χ0) is 30.9. The largest absolute Gasteiger partial charge is 0.247 e. The van der Waals surface area contributed by atoms with E-state index in [1.807, 2.05) is 23.5 Å². The third-order valence-corrected chi connectivity index (χ3v) is 12.3. The zero-order valence-electron chi connectivity index (χ0n) is 25.7. The van der Waals surface area contributed by atoms with Gasteiger partial charge in [-0.25, -0.2) is 0 Å². The molecule has 0 amide bonds. The van der Waals surface area contributed by atoms with E-state index in [9.17, 15) is 0 Å². The molecule has 2 heterocycles. The zero-order valence-corrected chi connectivity index (χ0v) is 27.4. The van der Waals surface area contributed by atoms with Crippen molar-refractivity contribution in [3.63, 3.8) is 0 Å². The molecule has 0 aromatic heterocycles. The molecule has 1 aliphatic carbocycles. The van der Waals surface area contributed by atoms with Crippen molar-refractivity contribution in [2.24, 2.45) is 0 Å². The molecule has 0 spiro atoms. The fourth-order valence-corrected chi connectivity index (χ4v) is 10.5. The van der Waals surface area contributed by atoms with E-state index >= 15 is 0 Å². The first kappa shape index (κ1) is 27.4. The smallest absolute Gasteiger partial charge is 0.0911 e. The highest BCUT2D eigenvalue weighted by Gasteiger charge is 2.38. The second-order valence-corrected chi connectivity index (χ2v) is 14.8. The molecule has 0 atom stereocenters. The molecule has 10 rings (SSSR count). The molecule has 2 aliphatic heterocycles. The topological polar surface area (TPSA) is 0 Å². The monoisotopic (exact) mass is 632 g/mol. The summed E-state index contributed by atoms with van der Waals surface area (Å²) < 4.78 is 0. The van der Waals surface area contributed by atoms with Crippen LogP contribution in [0.4, 0.5) is 0 Å². The van der Waals surface area contributed by atoms with Crippen LogP contribution in [0.1, 0.15) is 17.5 Å². The van der Waals surface area contributed by atoms with Gasteiger partial charge in [0.15, 0.2) is 0 Å². The molecule has 0 unspecified atom stereocenters. The standard InChI is InChI=1S/C44H29BS2/c1-2-13-28(14-3-1)42-32-17-4-6-19-34(32)43(35-20-7-5-18-33(35)42)30-16-12-15-29(25-30)31-26-40-44-41(27-31)47-39-24-11-9-22-37(39)45(44)36-21-8-10-23-38(36)46-40/h1-6,8-19,21-27H,7,20H2. The van der Waals surface area contributed by atoms with E-state index in [1.165, 1.54) is 91.3 Å². The van der Waals surface area contributed by atoms with Crippen molar-refractivity contribution in [2.75, 3.05) is 0 Å². The minimum Gasteiger partial charge on any atom is -0.0911 e. The van der Waals surface area contributed by atoms with E-state index in [4.69, 9.17) is 0 Å². The average Bonchev–Trinajstić information content (AvgIpc) is 3.14. The highest BCUT2D eigenvalue weighted by Crippen LogP contribution is 2.46. The summed E-state index contributed by atoms with van der Waals surface area (Å²) in [5.74, 6) is 0. The fourth-order valence-electron chi connectivity index (χ4n) is 8.05. The van der Waals surface area contributed by atoms with Crippen LogP contribution in [0.25, 0.3) is 50.2 Å². The predicted molar refractivity (Wildman–Crippen MR) is 203 cm³/mol. The van der Waals surface area contributed by atoms with Crippen molar-refractivity contribution in [1.29, 1.82) is 0 Å². The number of fused-ring (bicyclic) bond motifs is 6. The first-order valence-electron chi connectivity index (χ1n) is 16.4. The van der Waals surface area contributed by atoms with Gasteiger partial charge in [-0.05, 0) is 104 Å². The van der Waals surface area contributed by atoms with E-state index in [-0.39, 0.29) is 6.71 Å². The van der Waals surface area contributed by atoms with Gasteiger partial charge in [0.05, 0.1) is 0 Å². The number of hydrogen-bond acceptors (Lipinski definition) is 2. The number of benzene rings is 7. The molecular weight excluding hydrogens is 603 g/mol. The summed E-state index contributed by atoms with van der Waals surface area (Å²) in [7, 11) is 0. The van der Waals surface area contributed by atoms with Crippen molar-refractivity contribution >= 4 is 63.5 Å². The van der Waals surface area contributed by atoms with Crippen molar-refractivity contribution in [2.45, 2.75) is 32.4 Å². The molecule has 0 saturated carbocycles. The first-order chi connectivity index (χ1) is 23.3. The Kier molecular flexibility index (Phi) is 6.38. The molecular formula is C44H29BS2. The van der Waals surface area contributed by atoms with Crippen LogP contribution in [0, 0.1) is 0 Å². The van der Waals surface area contributed by atoms with E-state index in [0.717, 1.165) is 12.8 Å². The van der Waals surface area contributed by atoms with Gasteiger partial charge >= 0.3 is 0 Å². The first-order valence-corrected chi connectivity index (χ1v) is 18.1. The summed E-state index contributed by atoms with van der Waals surface area (Å²) in [5, 5.41) is 2.65. The third kappa shape index (κ3) is 4.34. The van der Waals surface area contributed by atoms with Crippen molar-refractivity contribution < 1.29 is 0 Å². The minimum atomic E-state index is 0.282. The molecule has 0 bridgehead atoms. The lowest BCUT2D eigenvalue weighted by Crippen LogP contribution is -2.57. The van der Waals surface area contributed by atoms with E-state index < -0.39 is 0 Å². The summed E-state index contributed by atoms with van der Waals surface area (Å²) in [6.45, 7) is 0.282. The summed E-state index contributed by atoms with van der Waals surface area (Å²) in [4.78, 5) is 5.50. The van der Waals surface area contributed by atoms with Crippen LogP contribution >= 0.6 is 23.5 Å². The van der Waals surface area contributed by atoms with Gasteiger partial charge in [-0.15, -0.1) is 0 Å². The van der Waals surface area contributed by atoms with Crippen LogP contribution in [-0.2, 0) is 6.42 Å². The van der Waals surface area contributed by atoms with Gasteiger partial charge in [0, 0.05) is 19.6 Å². The molecule has 3 aliphatic rings. The molecule has 0 N–H and O–H groups in total. The second-order valence-electron chi connectivity index (χ2n) is 12.7. The summed E-state index contributed by atoms with van der Waals surface area (Å²) >= 11 is 3.87. The van der Waals surface area contributed by atoms with Crippen molar-refractivity contribution in [3.05, 3.63) is 157 Å². The highest BCUT2D eigenvalue weighted by molar-refractivity contribution is 8.01. The van der Waals surface area contributed by atoms with Gasteiger partial charge in [0.2, 0.25) is 6.71 Å². The van der Waals surface area contributed by atoms with Crippen LogP contribution in [0.2, 0.25) is 0 Å². The summed E-state index contributed by atoms with van der Waals surface area (Å²) in [6.07, 6.45) is 6.84. The maximum absolute atomic E-state index is 2.45. The molecule has 0 saturated heterocycles. The Morgan fingerprint density at radius 3 is 1.79 bits per heavy atom. The molecule has 220 valence electrons. The quantitative estimate of drug-likeness (QED) is 0.178. The molecule has 7 aromatic rings. The average molecular weight is 633 g/mol. The van der Waals surface area contributed by atoms with Crippen LogP contribution in [0.5, 0.6) is 0 Å². The molecule has 0 radical (unpaired) electrons. The normalized spacial score (nSPS) is 13.9. The second kappa shape index (κ2) is 10.9. The number of rotatable bonds is 3. The number of hydrogen-bond donors (Lipinski definition) is 0. The summed E-state index contributed by atoms with van der Waals surface area (Å²) in [5.41, 5.74) is 15.0. The molecule has 3 heteroatoms. The lowest BCUT2D eigenvalue weighted by molar-refractivity contribution is 0.991. The lowest BCUT2D eigenvalue weighted by atomic mass is 9.36.